The Labute approximate surface area is 136 Å². The highest BCUT2D eigenvalue weighted by Gasteiger charge is 2.20. The molecule has 0 aliphatic rings. The Kier molecular flexibility index (Phi) is 9.10. The average Bonchev–Trinajstić information content (AvgIpc) is 2.39. The Hall–Kier alpha value is -0.580. The van der Waals surface area contributed by atoms with Gasteiger partial charge in [-0.2, -0.15) is 0 Å². The van der Waals surface area contributed by atoms with Crippen LogP contribution in [0.4, 0.5) is 0 Å². The average molecular weight is 364 g/mol. The van der Waals surface area contributed by atoms with Gasteiger partial charge < -0.3 is 11.1 Å². The van der Waals surface area contributed by atoms with Gasteiger partial charge in [-0.1, -0.05) is 48.3 Å². The first-order valence-electron chi connectivity index (χ1n) is 6.74. The van der Waals surface area contributed by atoms with Crippen LogP contribution in [0.15, 0.2) is 28.7 Å². The third-order valence-electron chi connectivity index (χ3n) is 3.40. The fourth-order valence-corrected chi connectivity index (χ4v) is 2.14. The van der Waals surface area contributed by atoms with Crippen LogP contribution in [0, 0.1) is 5.92 Å². The minimum absolute atomic E-state index is 0. The second-order valence-electron chi connectivity index (χ2n) is 5.15. The molecule has 114 valence electrons. The number of carbonyl (C=O) groups is 1. The van der Waals surface area contributed by atoms with E-state index in [1.807, 2.05) is 32.9 Å². The van der Waals surface area contributed by atoms with E-state index in [0.717, 1.165) is 17.3 Å². The maximum Gasteiger partial charge on any atom is 0.237 e. The van der Waals surface area contributed by atoms with Crippen molar-refractivity contribution in [2.45, 2.75) is 45.7 Å². The quantitative estimate of drug-likeness (QED) is 0.815. The molecule has 0 aliphatic heterocycles. The summed E-state index contributed by atoms with van der Waals surface area (Å²) in [6.07, 6.45) is 1.72. The molecule has 0 saturated carbocycles. The normalized spacial score (nSPS) is 14.8. The van der Waals surface area contributed by atoms with Gasteiger partial charge in [0.1, 0.15) is 0 Å². The SMILES string of the molecule is CCC(C)C(N)C(=O)NC(C)Cc1ccc(Br)cc1.Cl. The molecule has 1 amide bonds. The molecule has 1 rings (SSSR count). The van der Waals surface area contributed by atoms with Gasteiger partial charge >= 0.3 is 0 Å². The molecule has 0 aliphatic carbocycles. The van der Waals surface area contributed by atoms with Crippen molar-refractivity contribution in [3.63, 3.8) is 0 Å². The third kappa shape index (κ3) is 6.25. The number of nitrogens with two attached hydrogens (primary N) is 1. The van der Waals surface area contributed by atoms with E-state index in [1.54, 1.807) is 0 Å². The van der Waals surface area contributed by atoms with Crippen molar-refractivity contribution in [1.82, 2.24) is 5.32 Å². The van der Waals surface area contributed by atoms with Crippen molar-refractivity contribution in [3.05, 3.63) is 34.3 Å². The smallest absolute Gasteiger partial charge is 0.237 e. The van der Waals surface area contributed by atoms with Gasteiger partial charge in [-0.25, -0.2) is 0 Å². The van der Waals surface area contributed by atoms with Crippen LogP contribution in [0.25, 0.3) is 0 Å². The van der Waals surface area contributed by atoms with E-state index in [-0.39, 0.29) is 30.3 Å². The lowest BCUT2D eigenvalue weighted by Gasteiger charge is -2.21. The molecule has 0 fully saturated rings. The molecule has 3 atom stereocenters. The lowest BCUT2D eigenvalue weighted by molar-refractivity contribution is -0.124. The van der Waals surface area contributed by atoms with Crippen LogP contribution in [0.1, 0.15) is 32.8 Å². The fourth-order valence-electron chi connectivity index (χ4n) is 1.88. The van der Waals surface area contributed by atoms with Crippen molar-refractivity contribution in [3.8, 4) is 0 Å². The van der Waals surface area contributed by atoms with E-state index in [2.05, 4.69) is 33.4 Å². The minimum atomic E-state index is -0.419. The molecule has 1 aromatic carbocycles. The van der Waals surface area contributed by atoms with E-state index >= 15 is 0 Å². The summed E-state index contributed by atoms with van der Waals surface area (Å²) >= 11 is 3.41. The highest BCUT2D eigenvalue weighted by Crippen LogP contribution is 2.12. The number of benzene rings is 1. The van der Waals surface area contributed by atoms with Crippen LogP contribution in [0.3, 0.4) is 0 Å². The van der Waals surface area contributed by atoms with Crippen LogP contribution >= 0.6 is 28.3 Å². The molecule has 20 heavy (non-hydrogen) atoms. The first-order valence-corrected chi connectivity index (χ1v) is 7.53. The van der Waals surface area contributed by atoms with Crippen molar-refractivity contribution in [1.29, 1.82) is 0 Å². The molecule has 3 N–H and O–H groups in total. The predicted molar refractivity (Wildman–Crippen MR) is 90.1 cm³/mol. The van der Waals surface area contributed by atoms with Crippen molar-refractivity contribution < 1.29 is 4.79 Å². The van der Waals surface area contributed by atoms with Crippen LogP contribution in [0.5, 0.6) is 0 Å². The van der Waals surface area contributed by atoms with Crippen LogP contribution < -0.4 is 11.1 Å². The van der Waals surface area contributed by atoms with E-state index < -0.39 is 6.04 Å². The van der Waals surface area contributed by atoms with Crippen molar-refractivity contribution in [2.24, 2.45) is 11.7 Å². The number of hydrogen-bond acceptors (Lipinski definition) is 2. The third-order valence-corrected chi connectivity index (χ3v) is 3.93. The molecular weight excluding hydrogens is 340 g/mol. The number of rotatable bonds is 6. The summed E-state index contributed by atoms with van der Waals surface area (Å²) in [5.74, 6) is 0.152. The topological polar surface area (TPSA) is 55.1 Å². The molecule has 0 radical (unpaired) electrons. The lowest BCUT2D eigenvalue weighted by atomic mass is 9.98. The maximum absolute atomic E-state index is 12.0. The van der Waals surface area contributed by atoms with Gasteiger partial charge in [-0.05, 0) is 37.0 Å². The Morgan fingerprint density at radius 1 is 1.30 bits per heavy atom. The minimum Gasteiger partial charge on any atom is -0.352 e. The van der Waals surface area contributed by atoms with Gasteiger partial charge in [0.2, 0.25) is 5.91 Å². The second-order valence-corrected chi connectivity index (χ2v) is 6.07. The molecular formula is C15H24BrClN2O. The van der Waals surface area contributed by atoms with Gasteiger partial charge in [-0.15, -0.1) is 12.4 Å². The Morgan fingerprint density at radius 3 is 2.35 bits per heavy atom. The monoisotopic (exact) mass is 362 g/mol. The zero-order chi connectivity index (χ0) is 14.4. The fraction of sp³-hybridized carbons (Fsp3) is 0.533. The highest BCUT2D eigenvalue weighted by atomic mass is 79.9. The summed E-state index contributed by atoms with van der Waals surface area (Å²) in [5, 5.41) is 2.98. The van der Waals surface area contributed by atoms with E-state index in [9.17, 15) is 4.79 Å². The Balaban J connectivity index is 0.00000361. The van der Waals surface area contributed by atoms with E-state index in [0.29, 0.717) is 0 Å². The van der Waals surface area contributed by atoms with Crippen LogP contribution in [-0.2, 0) is 11.2 Å². The van der Waals surface area contributed by atoms with Gasteiger partial charge in [0.15, 0.2) is 0 Å². The van der Waals surface area contributed by atoms with E-state index in [1.165, 1.54) is 5.56 Å². The van der Waals surface area contributed by atoms with Gasteiger partial charge in [-0.3, -0.25) is 4.79 Å². The summed E-state index contributed by atoms with van der Waals surface area (Å²) in [4.78, 5) is 12.0. The second kappa shape index (κ2) is 9.37. The zero-order valence-electron chi connectivity index (χ0n) is 12.2. The highest BCUT2D eigenvalue weighted by molar-refractivity contribution is 9.10. The first-order chi connectivity index (χ1) is 8.93. The first kappa shape index (κ1) is 19.4. The molecule has 0 bridgehead atoms. The number of nitrogens with one attached hydrogen (secondary N) is 1. The summed E-state index contributed by atoms with van der Waals surface area (Å²) in [6.45, 7) is 6.05. The summed E-state index contributed by atoms with van der Waals surface area (Å²) in [7, 11) is 0. The summed E-state index contributed by atoms with van der Waals surface area (Å²) < 4.78 is 1.06. The van der Waals surface area contributed by atoms with Crippen molar-refractivity contribution >= 4 is 34.2 Å². The number of carbonyl (C=O) groups excluding carboxylic acids is 1. The zero-order valence-corrected chi connectivity index (χ0v) is 14.6. The standard InChI is InChI=1S/C15H23BrN2O.ClH/c1-4-10(2)14(17)15(19)18-11(3)9-12-5-7-13(16)8-6-12;/h5-8,10-11,14H,4,9,17H2,1-3H3,(H,18,19);1H. The lowest BCUT2D eigenvalue weighted by Crippen LogP contribution is -2.48. The summed E-state index contributed by atoms with van der Waals surface area (Å²) in [5.41, 5.74) is 7.12. The molecule has 1 aromatic rings. The van der Waals surface area contributed by atoms with Gasteiger partial charge in [0, 0.05) is 10.5 Å². The van der Waals surface area contributed by atoms with Gasteiger partial charge in [0.05, 0.1) is 6.04 Å². The predicted octanol–water partition coefficient (Wildman–Crippen LogP) is 3.29. The molecule has 0 aromatic heterocycles. The summed E-state index contributed by atoms with van der Waals surface area (Å²) in [6, 6.07) is 7.80. The maximum atomic E-state index is 12.0. The van der Waals surface area contributed by atoms with Gasteiger partial charge in [0.25, 0.3) is 0 Å². The number of hydrogen-bond donors (Lipinski definition) is 2. The van der Waals surface area contributed by atoms with E-state index in [4.69, 9.17) is 5.73 Å². The molecule has 0 heterocycles. The molecule has 5 heteroatoms. The van der Waals surface area contributed by atoms with Crippen LogP contribution in [-0.4, -0.2) is 18.0 Å². The largest absolute Gasteiger partial charge is 0.352 e. The molecule has 3 nitrogen and oxygen atoms in total. The molecule has 0 saturated heterocycles. The van der Waals surface area contributed by atoms with Crippen molar-refractivity contribution in [2.75, 3.05) is 0 Å². The molecule has 0 spiro atoms. The Bertz CT molecular complexity index is 411. The van der Waals surface area contributed by atoms with Crippen LogP contribution in [0.2, 0.25) is 0 Å². The Morgan fingerprint density at radius 2 is 1.85 bits per heavy atom. The molecule has 3 unspecified atom stereocenters. The number of halogens is 2. The number of amides is 1.